The number of hydrogen-bond donors (Lipinski definition) is 3. The Morgan fingerprint density at radius 1 is 1.09 bits per heavy atom. The minimum absolute atomic E-state index is 0. The quantitative estimate of drug-likeness (QED) is 0.239. The standard InChI is InChI=1S/C31H32ClF2N7O3.ClH/c1-15-25(16(2)41(39-15)9-10-44-4)20-8-7-19(26(33)27(20)34)24-14-36-29(40(24)3)31(43)37-17-5-6-18(23(32)11-17)30(42)38-28-21-12-35-13-22(21)28;/h5-8,11,14,21-22,28,35H,9-10,12-13H2,1-4H3,(H,37,43)(H,38,42);1H. The minimum Gasteiger partial charge on any atom is -0.383 e. The summed E-state index contributed by atoms with van der Waals surface area (Å²) in [5, 5.41) is 13.7. The van der Waals surface area contributed by atoms with Crippen LogP contribution in [0, 0.1) is 37.3 Å². The topological polar surface area (TPSA) is 115 Å². The van der Waals surface area contributed by atoms with E-state index in [1.54, 1.807) is 44.8 Å². The van der Waals surface area contributed by atoms with Crippen molar-refractivity contribution in [2.75, 3.05) is 32.1 Å². The molecule has 4 aromatic rings. The van der Waals surface area contributed by atoms with E-state index in [1.165, 1.54) is 29.0 Å². The number of methoxy groups -OCH3 is 1. The molecule has 2 aromatic heterocycles. The Hall–Kier alpha value is -3.84. The van der Waals surface area contributed by atoms with Crippen molar-refractivity contribution in [1.82, 2.24) is 30.0 Å². The second-order valence-corrected chi connectivity index (χ2v) is 11.6. The van der Waals surface area contributed by atoms with Crippen LogP contribution in [0.5, 0.6) is 0 Å². The van der Waals surface area contributed by atoms with Crippen LogP contribution >= 0.6 is 24.0 Å². The van der Waals surface area contributed by atoms with Gasteiger partial charge in [-0.3, -0.25) is 14.3 Å². The highest BCUT2D eigenvalue weighted by Gasteiger charge is 2.53. The van der Waals surface area contributed by atoms with Crippen LogP contribution in [0.1, 0.15) is 32.4 Å². The third kappa shape index (κ3) is 5.95. The number of imidazole rings is 1. The summed E-state index contributed by atoms with van der Waals surface area (Å²) in [6, 6.07) is 7.75. The van der Waals surface area contributed by atoms with Gasteiger partial charge >= 0.3 is 0 Å². The zero-order valence-electron chi connectivity index (χ0n) is 25.1. The maximum atomic E-state index is 15.5. The Balaban J connectivity index is 0.00000400. The van der Waals surface area contributed by atoms with Crippen molar-refractivity contribution in [3.63, 3.8) is 0 Å². The summed E-state index contributed by atoms with van der Waals surface area (Å²) in [6.45, 7) is 6.26. The lowest BCUT2D eigenvalue weighted by Crippen LogP contribution is -2.32. The van der Waals surface area contributed by atoms with Crippen LogP contribution in [0.25, 0.3) is 22.4 Å². The molecule has 14 heteroatoms. The summed E-state index contributed by atoms with van der Waals surface area (Å²) >= 11 is 6.39. The third-order valence-corrected chi connectivity index (χ3v) is 8.88. The minimum atomic E-state index is -1.06. The number of carbonyl (C=O) groups excluding carboxylic acids is 2. The van der Waals surface area contributed by atoms with E-state index in [0.29, 0.717) is 53.2 Å². The SMILES string of the molecule is COCCn1nc(C)c(-c2ccc(-c3cnc(C(=O)Nc4ccc(C(=O)NC5C6CNCC65)c(Cl)c4)n3C)c(F)c2F)c1C.Cl. The summed E-state index contributed by atoms with van der Waals surface area (Å²) in [5.41, 5.74) is 2.72. The first kappa shape index (κ1) is 32.6. The van der Waals surface area contributed by atoms with E-state index in [4.69, 9.17) is 16.3 Å². The van der Waals surface area contributed by atoms with Crippen molar-refractivity contribution >= 4 is 41.5 Å². The van der Waals surface area contributed by atoms with E-state index in [1.807, 2.05) is 0 Å². The highest BCUT2D eigenvalue weighted by atomic mass is 35.5. The Kier molecular flexibility index (Phi) is 9.31. The van der Waals surface area contributed by atoms with Gasteiger partial charge in [0, 0.05) is 61.4 Å². The molecule has 2 unspecified atom stereocenters. The normalized spacial score (nSPS) is 18.3. The Labute approximate surface area is 269 Å². The Morgan fingerprint density at radius 3 is 2.47 bits per heavy atom. The van der Waals surface area contributed by atoms with Gasteiger partial charge in [0.25, 0.3) is 11.8 Å². The van der Waals surface area contributed by atoms with Crippen LogP contribution in [0.4, 0.5) is 14.5 Å². The number of carbonyl (C=O) groups is 2. The third-order valence-electron chi connectivity index (χ3n) is 8.57. The second kappa shape index (κ2) is 12.9. The first-order chi connectivity index (χ1) is 21.1. The van der Waals surface area contributed by atoms with Gasteiger partial charge in [-0.15, -0.1) is 12.4 Å². The van der Waals surface area contributed by atoms with Crippen LogP contribution in [0.15, 0.2) is 36.5 Å². The lowest BCUT2D eigenvalue weighted by atomic mass is 10.00. The van der Waals surface area contributed by atoms with Crippen LogP contribution in [-0.4, -0.2) is 64.0 Å². The molecule has 2 aliphatic rings. The molecular weight excluding hydrogens is 627 g/mol. The lowest BCUT2D eigenvalue weighted by Gasteiger charge is -2.12. The van der Waals surface area contributed by atoms with E-state index < -0.39 is 17.5 Å². The molecule has 2 aromatic carbocycles. The van der Waals surface area contributed by atoms with E-state index in [-0.39, 0.29) is 52.0 Å². The molecule has 3 N–H and O–H groups in total. The number of hydrogen-bond acceptors (Lipinski definition) is 6. The number of rotatable bonds is 9. The zero-order chi connectivity index (χ0) is 31.3. The van der Waals surface area contributed by atoms with Gasteiger partial charge < -0.3 is 25.3 Å². The average Bonchev–Trinajstić information content (AvgIpc) is 3.33. The number of benzene rings is 2. The van der Waals surface area contributed by atoms with Gasteiger partial charge in [0.15, 0.2) is 17.5 Å². The van der Waals surface area contributed by atoms with Crippen molar-refractivity contribution in [1.29, 1.82) is 0 Å². The van der Waals surface area contributed by atoms with E-state index in [2.05, 4.69) is 26.0 Å². The summed E-state index contributed by atoms with van der Waals surface area (Å²) in [5.74, 6) is -2.02. The van der Waals surface area contributed by atoms with Crippen molar-refractivity contribution in [2.24, 2.45) is 18.9 Å². The van der Waals surface area contributed by atoms with Crippen molar-refractivity contribution < 1.29 is 23.1 Å². The first-order valence-corrected chi connectivity index (χ1v) is 14.6. The first-order valence-electron chi connectivity index (χ1n) is 14.3. The lowest BCUT2D eigenvalue weighted by molar-refractivity contribution is 0.0946. The molecule has 2 atom stereocenters. The largest absolute Gasteiger partial charge is 0.383 e. The summed E-state index contributed by atoms with van der Waals surface area (Å²) in [7, 11) is 3.12. The number of nitrogens with one attached hydrogen (secondary N) is 3. The molecule has 2 amide bonds. The van der Waals surface area contributed by atoms with Crippen LogP contribution in [-0.2, 0) is 18.3 Å². The molecule has 2 fully saturated rings. The molecule has 1 saturated heterocycles. The molecule has 0 spiro atoms. The predicted molar refractivity (Wildman–Crippen MR) is 169 cm³/mol. The number of amides is 2. The van der Waals surface area contributed by atoms with Gasteiger partial charge in [0.1, 0.15) is 0 Å². The van der Waals surface area contributed by atoms with Crippen molar-refractivity contribution in [2.45, 2.75) is 26.4 Å². The van der Waals surface area contributed by atoms with Gasteiger partial charge in [0.05, 0.1) is 41.3 Å². The summed E-state index contributed by atoms with van der Waals surface area (Å²) < 4.78 is 39.2. The molecule has 0 radical (unpaired) electrons. The van der Waals surface area contributed by atoms with Gasteiger partial charge in [0.2, 0.25) is 0 Å². The number of anilines is 1. The average molecular weight is 661 g/mol. The molecule has 1 saturated carbocycles. The highest BCUT2D eigenvalue weighted by molar-refractivity contribution is 6.34. The Bertz CT molecular complexity index is 1780. The second-order valence-electron chi connectivity index (χ2n) is 11.2. The van der Waals surface area contributed by atoms with E-state index >= 15 is 8.78 Å². The fraction of sp³-hybridized carbons (Fsp3) is 0.355. The number of aryl methyl sites for hydroxylation is 1. The molecule has 3 heterocycles. The number of piperidine rings is 1. The van der Waals surface area contributed by atoms with Crippen LogP contribution in [0.3, 0.4) is 0 Å². The van der Waals surface area contributed by atoms with Gasteiger partial charge in [-0.1, -0.05) is 17.7 Å². The van der Waals surface area contributed by atoms with Gasteiger partial charge in [-0.2, -0.15) is 5.10 Å². The fourth-order valence-corrected chi connectivity index (χ4v) is 6.39. The van der Waals surface area contributed by atoms with Crippen LogP contribution in [0.2, 0.25) is 5.02 Å². The van der Waals surface area contributed by atoms with Crippen molar-refractivity contribution in [3.8, 4) is 22.4 Å². The highest BCUT2D eigenvalue weighted by Crippen LogP contribution is 2.42. The van der Waals surface area contributed by atoms with Gasteiger partial charge in [-0.25, -0.2) is 13.8 Å². The van der Waals surface area contributed by atoms with E-state index in [0.717, 1.165) is 13.1 Å². The maximum Gasteiger partial charge on any atom is 0.291 e. The molecular formula is C31H33Cl2F2N7O3. The summed E-state index contributed by atoms with van der Waals surface area (Å²) in [4.78, 5) is 30.0. The molecule has 238 valence electrons. The number of fused-ring (bicyclic) bond motifs is 1. The Morgan fingerprint density at radius 2 is 1.78 bits per heavy atom. The molecule has 1 aliphatic heterocycles. The maximum absolute atomic E-state index is 15.5. The molecule has 1 aliphatic carbocycles. The molecule has 10 nitrogen and oxygen atoms in total. The number of nitrogens with zero attached hydrogens (tertiary/aromatic N) is 4. The molecule has 0 bridgehead atoms. The molecule has 45 heavy (non-hydrogen) atoms. The number of ether oxygens (including phenoxy) is 1. The number of halogens is 4. The summed E-state index contributed by atoms with van der Waals surface area (Å²) in [6.07, 6.45) is 1.31. The number of aromatic nitrogens is 4. The zero-order valence-corrected chi connectivity index (χ0v) is 26.7. The molecule has 6 rings (SSSR count). The predicted octanol–water partition coefficient (Wildman–Crippen LogP) is 4.77. The van der Waals surface area contributed by atoms with Crippen LogP contribution < -0.4 is 16.0 Å². The van der Waals surface area contributed by atoms with Crippen molar-refractivity contribution in [3.05, 3.63) is 76.0 Å². The van der Waals surface area contributed by atoms with E-state index in [9.17, 15) is 9.59 Å². The fourth-order valence-electron chi connectivity index (χ4n) is 6.12. The van der Waals surface area contributed by atoms with Gasteiger partial charge in [-0.05, 0) is 49.9 Å². The monoisotopic (exact) mass is 659 g/mol. The smallest absolute Gasteiger partial charge is 0.291 e.